The molecule has 0 aliphatic carbocycles. The summed E-state index contributed by atoms with van der Waals surface area (Å²) in [6.07, 6.45) is 2.96. The Hall–Kier alpha value is -2.17. The molecular formula is C23H30N2O2. The van der Waals surface area contributed by atoms with E-state index in [2.05, 4.69) is 43.1 Å². The molecule has 1 saturated heterocycles. The van der Waals surface area contributed by atoms with Crippen molar-refractivity contribution in [1.82, 2.24) is 9.80 Å². The first kappa shape index (κ1) is 19.6. The summed E-state index contributed by atoms with van der Waals surface area (Å²) >= 11 is 0. The van der Waals surface area contributed by atoms with Gasteiger partial charge in [0.25, 0.3) is 5.91 Å². The number of piperazine rings is 1. The van der Waals surface area contributed by atoms with Gasteiger partial charge in [-0.3, -0.25) is 9.69 Å². The van der Waals surface area contributed by atoms with E-state index < -0.39 is 0 Å². The zero-order valence-electron chi connectivity index (χ0n) is 16.4. The fourth-order valence-electron chi connectivity index (χ4n) is 3.73. The largest absolute Gasteiger partial charge is 0.396 e. The first-order valence-corrected chi connectivity index (χ1v) is 9.92. The molecule has 27 heavy (non-hydrogen) atoms. The number of amides is 1. The summed E-state index contributed by atoms with van der Waals surface area (Å²) in [7, 11) is 2.06. The second-order valence-corrected chi connectivity index (χ2v) is 7.42. The highest BCUT2D eigenvalue weighted by molar-refractivity contribution is 5.94. The van der Waals surface area contributed by atoms with Gasteiger partial charge in [-0.1, -0.05) is 49.7 Å². The van der Waals surface area contributed by atoms with E-state index in [1.54, 1.807) is 0 Å². The maximum Gasteiger partial charge on any atom is 0.253 e. The number of benzene rings is 2. The highest BCUT2D eigenvalue weighted by Crippen LogP contribution is 2.22. The summed E-state index contributed by atoms with van der Waals surface area (Å²) in [5.41, 5.74) is 4.40. The van der Waals surface area contributed by atoms with Gasteiger partial charge in [-0.05, 0) is 48.7 Å². The topological polar surface area (TPSA) is 43.8 Å². The van der Waals surface area contributed by atoms with E-state index in [1.165, 1.54) is 11.1 Å². The molecule has 0 saturated carbocycles. The quantitative estimate of drug-likeness (QED) is 0.852. The second kappa shape index (κ2) is 9.16. The van der Waals surface area contributed by atoms with Gasteiger partial charge in [-0.2, -0.15) is 0 Å². The molecule has 4 heteroatoms. The minimum absolute atomic E-state index is 0.0795. The van der Waals surface area contributed by atoms with Crippen LogP contribution >= 0.6 is 0 Å². The van der Waals surface area contributed by atoms with Crippen LogP contribution in [0.3, 0.4) is 0 Å². The number of nitrogens with zero attached hydrogens (tertiary/aromatic N) is 2. The van der Waals surface area contributed by atoms with Gasteiger partial charge in [0, 0.05) is 37.8 Å². The molecule has 1 fully saturated rings. The Morgan fingerprint density at radius 3 is 2.26 bits per heavy atom. The van der Waals surface area contributed by atoms with Gasteiger partial charge in [0.2, 0.25) is 0 Å². The molecule has 1 atom stereocenters. The van der Waals surface area contributed by atoms with Crippen molar-refractivity contribution in [2.24, 2.45) is 0 Å². The van der Waals surface area contributed by atoms with Crippen LogP contribution in [0, 0.1) is 0 Å². The van der Waals surface area contributed by atoms with Crippen molar-refractivity contribution in [3.05, 3.63) is 59.7 Å². The molecule has 2 aromatic carbocycles. The molecule has 1 aliphatic rings. The number of likely N-dealkylation sites (N-methyl/N-ethyl adjacent to an activating group) is 1. The first-order chi connectivity index (χ1) is 13.1. The molecule has 1 unspecified atom stereocenters. The van der Waals surface area contributed by atoms with Crippen LogP contribution in [0.4, 0.5) is 0 Å². The van der Waals surface area contributed by atoms with Crippen molar-refractivity contribution in [3.8, 4) is 11.1 Å². The third-order valence-corrected chi connectivity index (χ3v) is 5.48. The average molecular weight is 367 g/mol. The lowest BCUT2D eigenvalue weighted by molar-refractivity contribution is 0.0500. The molecule has 4 nitrogen and oxygen atoms in total. The fourth-order valence-corrected chi connectivity index (χ4v) is 3.73. The maximum absolute atomic E-state index is 12.9. The third-order valence-electron chi connectivity index (χ3n) is 5.48. The highest BCUT2D eigenvalue weighted by Gasteiger charge is 2.27. The normalized spacial score (nSPS) is 17.9. The van der Waals surface area contributed by atoms with Gasteiger partial charge in [0.05, 0.1) is 0 Å². The number of hydrogen-bond acceptors (Lipinski definition) is 3. The Morgan fingerprint density at radius 2 is 1.67 bits per heavy atom. The van der Waals surface area contributed by atoms with Crippen molar-refractivity contribution >= 4 is 5.91 Å². The lowest BCUT2D eigenvalue weighted by atomic mass is 10.0. The summed E-state index contributed by atoms with van der Waals surface area (Å²) in [6, 6.07) is 16.8. The predicted molar refractivity (Wildman–Crippen MR) is 110 cm³/mol. The van der Waals surface area contributed by atoms with Crippen LogP contribution in [0.2, 0.25) is 0 Å². The van der Waals surface area contributed by atoms with Gasteiger partial charge in [0.1, 0.15) is 0 Å². The number of carbonyl (C=O) groups is 1. The summed E-state index contributed by atoms with van der Waals surface area (Å²) in [4.78, 5) is 17.0. The number of rotatable bonds is 6. The van der Waals surface area contributed by atoms with E-state index >= 15 is 0 Å². The standard InChI is InChI=1S/C23H30N2O2/c1-3-4-18-5-7-19(8-6-18)20-9-11-21(12-10-20)23(27)25-15-14-24(2)22(17-25)13-16-26/h5-12,22,26H,3-4,13-17H2,1-2H3. The van der Waals surface area contributed by atoms with Crippen LogP contribution in [-0.4, -0.2) is 60.1 Å². The third kappa shape index (κ3) is 4.76. The monoisotopic (exact) mass is 366 g/mol. The molecule has 144 valence electrons. The van der Waals surface area contributed by atoms with Gasteiger partial charge in [0.15, 0.2) is 0 Å². The van der Waals surface area contributed by atoms with Crippen LogP contribution in [0.1, 0.15) is 35.7 Å². The van der Waals surface area contributed by atoms with Crippen molar-refractivity contribution in [1.29, 1.82) is 0 Å². The number of hydrogen-bond donors (Lipinski definition) is 1. The number of carbonyl (C=O) groups excluding carboxylic acids is 1. The maximum atomic E-state index is 12.9. The molecule has 0 aromatic heterocycles. The van der Waals surface area contributed by atoms with Crippen molar-refractivity contribution in [2.75, 3.05) is 33.3 Å². The minimum Gasteiger partial charge on any atom is -0.396 e. The molecule has 2 aromatic rings. The van der Waals surface area contributed by atoms with Gasteiger partial charge in [-0.25, -0.2) is 0 Å². The second-order valence-electron chi connectivity index (χ2n) is 7.42. The summed E-state index contributed by atoms with van der Waals surface area (Å²) < 4.78 is 0. The number of aliphatic hydroxyl groups is 1. The predicted octanol–water partition coefficient (Wildman–Crippen LogP) is 3.44. The van der Waals surface area contributed by atoms with E-state index in [-0.39, 0.29) is 18.6 Å². The lowest BCUT2D eigenvalue weighted by Gasteiger charge is -2.39. The fraction of sp³-hybridized carbons (Fsp3) is 0.435. The molecule has 1 amide bonds. The summed E-state index contributed by atoms with van der Waals surface area (Å²) in [6.45, 7) is 4.60. The van der Waals surface area contributed by atoms with Crippen molar-refractivity contribution < 1.29 is 9.90 Å². The van der Waals surface area contributed by atoms with Gasteiger partial charge in [-0.15, -0.1) is 0 Å². The smallest absolute Gasteiger partial charge is 0.253 e. The molecular weight excluding hydrogens is 336 g/mol. The van der Waals surface area contributed by atoms with E-state index in [1.807, 2.05) is 29.2 Å². The van der Waals surface area contributed by atoms with E-state index in [4.69, 9.17) is 0 Å². The summed E-state index contributed by atoms with van der Waals surface area (Å²) in [5.74, 6) is 0.0795. The molecule has 1 aliphatic heterocycles. The molecule has 0 bridgehead atoms. The Kier molecular flexibility index (Phi) is 6.64. The molecule has 0 spiro atoms. The van der Waals surface area contributed by atoms with E-state index in [9.17, 15) is 9.90 Å². The van der Waals surface area contributed by atoms with Crippen molar-refractivity contribution in [2.45, 2.75) is 32.2 Å². The van der Waals surface area contributed by atoms with Gasteiger partial charge < -0.3 is 10.0 Å². The Balaban J connectivity index is 1.68. The SMILES string of the molecule is CCCc1ccc(-c2ccc(C(=O)N3CCN(C)C(CCO)C3)cc2)cc1. The Bertz CT molecular complexity index is 740. The first-order valence-electron chi connectivity index (χ1n) is 9.92. The molecule has 0 radical (unpaired) electrons. The highest BCUT2D eigenvalue weighted by atomic mass is 16.3. The molecule has 3 rings (SSSR count). The zero-order valence-corrected chi connectivity index (χ0v) is 16.4. The van der Waals surface area contributed by atoms with Crippen LogP contribution in [0.25, 0.3) is 11.1 Å². The summed E-state index contributed by atoms with van der Waals surface area (Å²) in [5, 5.41) is 9.23. The number of aliphatic hydroxyl groups excluding tert-OH is 1. The van der Waals surface area contributed by atoms with Crippen LogP contribution < -0.4 is 0 Å². The van der Waals surface area contributed by atoms with E-state index in [0.717, 1.165) is 37.1 Å². The molecule has 1 heterocycles. The van der Waals surface area contributed by atoms with Crippen LogP contribution in [-0.2, 0) is 6.42 Å². The minimum atomic E-state index is 0.0795. The van der Waals surface area contributed by atoms with E-state index in [0.29, 0.717) is 13.0 Å². The Morgan fingerprint density at radius 1 is 1.04 bits per heavy atom. The Labute approximate surface area is 162 Å². The average Bonchev–Trinajstić information content (AvgIpc) is 2.70. The number of aryl methyl sites for hydroxylation is 1. The lowest BCUT2D eigenvalue weighted by Crippen LogP contribution is -2.53. The zero-order chi connectivity index (χ0) is 19.2. The van der Waals surface area contributed by atoms with Gasteiger partial charge >= 0.3 is 0 Å². The molecule has 1 N–H and O–H groups in total. The van der Waals surface area contributed by atoms with Crippen molar-refractivity contribution in [3.63, 3.8) is 0 Å². The van der Waals surface area contributed by atoms with Crippen LogP contribution in [0.15, 0.2) is 48.5 Å². The van der Waals surface area contributed by atoms with Crippen LogP contribution in [0.5, 0.6) is 0 Å².